The number of methoxy groups -OCH3 is 1. The zero-order valence-electron chi connectivity index (χ0n) is 12.5. The lowest BCUT2D eigenvalue weighted by atomic mass is 10.2. The van der Waals surface area contributed by atoms with Gasteiger partial charge in [-0.2, -0.15) is 0 Å². The highest BCUT2D eigenvalue weighted by atomic mass is 32.2. The van der Waals surface area contributed by atoms with Gasteiger partial charge >= 0.3 is 5.97 Å². The minimum absolute atomic E-state index is 0.183. The van der Waals surface area contributed by atoms with E-state index in [0.717, 1.165) is 4.90 Å². The van der Waals surface area contributed by atoms with Crippen molar-refractivity contribution in [2.45, 2.75) is 4.90 Å². The summed E-state index contributed by atoms with van der Waals surface area (Å²) >= 11 is 0. The van der Waals surface area contributed by atoms with E-state index in [1.54, 1.807) is 12.1 Å². The van der Waals surface area contributed by atoms with Gasteiger partial charge in [0.25, 0.3) is 5.91 Å². The average Bonchev–Trinajstić information content (AvgIpc) is 2.61. The average molecular weight is 332 g/mol. The Morgan fingerprint density at radius 3 is 2.52 bits per heavy atom. The van der Waals surface area contributed by atoms with E-state index in [1.807, 2.05) is 18.2 Å². The summed E-state index contributed by atoms with van der Waals surface area (Å²) in [7, 11) is 0.110. The molecule has 0 bridgehead atoms. The fourth-order valence-electron chi connectivity index (χ4n) is 1.80. The molecule has 6 nitrogen and oxygen atoms in total. The zero-order valence-corrected chi connectivity index (χ0v) is 13.3. The minimum Gasteiger partial charge on any atom is -0.465 e. The summed E-state index contributed by atoms with van der Waals surface area (Å²) in [4.78, 5) is 27.8. The van der Waals surface area contributed by atoms with Crippen LogP contribution in [0.4, 0.5) is 0 Å². The number of carbonyl (C=O) groups is 2. The van der Waals surface area contributed by atoms with Crippen LogP contribution in [0.1, 0.15) is 20.8 Å². The van der Waals surface area contributed by atoms with Crippen LogP contribution >= 0.6 is 0 Å². The van der Waals surface area contributed by atoms with Crippen LogP contribution in [0.3, 0.4) is 0 Å². The van der Waals surface area contributed by atoms with Crippen molar-refractivity contribution >= 4 is 22.7 Å². The first kappa shape index (κ1) is 16.8. The fourth-order valence-corrected chi connectivity index (χ4v) is 2.79. The van der Waals surface area contributed by atoms with E-state index >= 15 is 0 Å². The van der Waals surface area contributed by atoms with Crippen LogP contribution in [0, 0.1) is 0 Å². The van der Waals surface area contributed by atoms with Gasteiger partial charge in [0.15, 0.2) is 0 Å². The first-order chi connectivity index (χ1) is 11.1. The largest absolute Gasteiger partial charge is 0.465 e. The Balaban J connectivity index is 1.85. The van der Waals surface area contributed by atoms with E-state index in [4.69, 9.17) is 0 Å². The number of pyridine rings is 1. The topological polar surface area (TPSA) is 85.4 Å². The van der Waals surface area contributed by atoms with Gasteiger partial charge in [0.2, 0.25) is 0 Å². The summed E-state index contributed by atoms with van der Waals surface area (Å²) in [5.74, 6) is -0.579. The molecule has 0 spiro atoms. The minimum atomic E-state index is -1.16. The Kier molecular flexibility index (Phi) is 5.99. The van der Waals surface area contributed by atoms with Gasteiger partial charge < -0.3 is 10.1 Å². The molecule has 2 aromatic rings. The standard InChI is InChI=1S/C16H16N2O4S/c1-22-16(20)12-7-8-14(18-11-12)15(19)17-9-10-23(21)13-5-3-2-4-6-13/h2-8,11H,9-10H2,1H3,(H,17,19). The van der Waals surface area contributed by atoms with Gasteiger partial charge in [-0.3, -0.25) is 14.0 Å². The van der Waals surface area contributed by atoms with Crippen LogP contribution in [0.5, 0.6) is 0 Å². The number of ether oxygens (including phenoxy) is 1. The third kappa shape index (κ3) is 4.72. The monoisotopic (exact) mass is 332 g/mol. The number of nitrogens with zero attached hydrogens (tertiary/aromatic N) is 1. The van der Waals surface area contributed by atoms with Crippen LogP contribution < -0.4 is 5.32 Å². The van der Waals surface area contributed by atoms with Crippen LogP contribution in [0.2, 0.25) is 0 Å². The normalized spacial score (nSPS) is 11.5. The SMILES string of the molecule is COC(=O)c1ccc(C(=O)NCCS(=O)c2ccccc2)nc1. The maximum Gasteiger partial charge on any atom is 0.339 e. The Hall–Kier alpha value is -2.54. The Morgan fingerprint density at radius 2 is 1.91 bits per heavy atom. The van der Waals surface area contributed by atoms with Crippen molar-refractivity contribution in [3.05, 3.63) is 59.9 Å². The molecular weight excluding hydrogens is 316 g/mol. The predicted octanol–water partition coefficient (Wildman–Crippen LogP) is 1.41. The molecule has 1 unspecified atom stereocenters. The molecule has 7 heteroatoms. The molecule has 1 amide bonds. The summed E-state index contributed by atoms with van der Waals surface area (Å²) in [5, 5.41) is 2.65. The van der Waals surface area contributed by atoms with E-state index in [2.05, 4.69) is 15.0 Å². The lowest BCUT2D eigenvalue weighted by Crippen LogP contribution is -2.28. The van der Waals surface area contributed by atoms with E-state index in [0.29, 0.717) is 5.75 Å². The molecule has 23 heavy (non-hydrogen) atoms. The number of amides is 1. The summed E-state index contributed by atoms with van der Waals surface area (Å²) in [5.41, 5.74) is 0.456. The summed E-state index contributed by atoms with van der Waals surface area (Å²) in [6.45, 7) is 0.265. The van der Waals surface area contributed by atoms with Gasteiger partial charge in [-0.15, -0.1) is 0 Å². The fraction of sp³-hybridized carbons (Fsp3) is 0.188. The summed E-state index contributed by atoms with van der Waals surface area (Å²) in [6.07, 6.45) is 1.28. The maximum absolute atomic E-state index is 12.0. The molecule has 0 saturated heterocycles. The van der Waals surface area contributed by atoms with Gasteiger partial charge in [-0.1, -0.05) is 18.2 Å². The molecule has 0 aliphatic heterocycles. The quantitative estimate of drug-likeness (QED) is 0.808. The number of aromatic nitrogens is 1. The molecule has 120 valence electrons. The van der Waals surface area contributed by atoms with Crippen LogP contribution in [0.15, 0.2) is 53.6 Å². The molecule has 1 N–H and O–H groups in total. The van der Waals surface area contributed by atoms with Crippen molar-refractivity contribution in [3.63, 3.8) is 0 Å². The number of benzene rings is 1. The van der Waals surface area contributed by atoms with E-state index in [1.165, 1.54) is 25.4 Å². The lowest BCUT2D eigenvalue weighted by Gasteiger charge is -2.05. The smallest absolute Gasteiger partial charge is 0.339 e. The maximum atomic E-state index is 12.0. The van der Waals surface area contributed by atoms with Crippen LogP contribution in [-0.2, 0) is 15.5 Å². The third-order valence-corrected chi connectivity index (χ3v) is 4.37. The van der Waals surface area contributed by atoms with Crippen molar-refractivity contribution in [2.75, 3.05) is 19.4 Å². The van der Waals surface area contributed by atoms with Crippen LogP contribution in [-0.4, -0.2) is 40.5 Å². The number of nitrogens with one attached hydrogen (secondary N) is 1. The van der Waals surface area contributed by atoms with E-state index in [-0.39, 0.29) is 23.7 Å². The van der Waals surface area contributed by atoms with E-state index < -0.39 is 16.8 Å². The van der Waals surface area contributed by atoms with Gasteiger partial charge in [-0.25, -0.2) is 4.79 Å². The Morgan fingerprint density at radius 1 is 1.17 bits per heavy atom. The second kappa shape index (κ2) is 8.19. The summed E-state index contributed by atoms with van der Waals surface area (Å²) in [6, 6.07) is 12.0. The first-order valence-corrected chi connectivity index (χ1v) is 8.19. The van der Waals surface area contributed by atoms with Crippen molar-refractivity contribution < 1.29 is 18.5 Å². The summed E-state index contributed by atoms with van der Waals surface area (Å²) < 4.78 is 16.6. The molecule has 0 fully saturated rings. The predicted molar refractivity (Wildman–Crippen MR) is 85.6 cm³/mol. The van der Waals surface area contributed by atoms with Crippen molar-refractivity contribution in [2.24, 2.45) is 0 Å². The molecule has 0 radical (unpaired) electrons. The van der Waals surface area contributed by atoms with E-state index in [9.17, 15) is 13.8 Å². The van der Waals surface area contributed by atoms with Crippen molar-refractivity contribution in [1.82, 2.24) is 10.3 Å². The molecule has 1 aromatic heterocycles. The molecule has 1 aromatic carbocycles. The Bertz CT molecular complexity index is 702. The highest BCUT2D eigenvalue weighted by Crippen LogP contribution is 2.05. The molecular formula is C16H16N2O4S. The van der Waals surface area contributed by atoms with Crippen molar-refractivity contribution in [3.8, 4) is 0 Å². The van der Waals surface area contributed by atoms with Gasteiger partial charge in [0, 0.05) is 23.4 Å². The van der Waals surface area contributed by atoms with Gasteiger partial charge in [0.05, 0.1) is 23.5 Å². The number of carbonyl (C=O) groups excluding carboxylic acids is 2. The van der Waals surface area contributed by atoms with Crippen molar-refractivity contribution in [1.29, 1.82) is 0 Å². The molecule has 0 saturated carbocycles. The molecule has 1 atom stereocenters. The second-order valence-electron chi connectivity index (χ2n) is 4.54. The number of hydrogen-bond acceptors (Lipinski definition) is 5. The number of hydrogen-bond donors (Lipinski definition) is 1. The molecule has 0 aliphatic rings. The number of esters is 1. The molecule has 0 aliphatic carbocycles. The second-order valence-corrected chi connectivity index (χ2v) is 6.11. The van der Waals surface area contributed by atoms with Gasteiger partial charge in [-0.05, 0) is 24.3 Å². The number of rotatable bonds is 6. The lowest BCUT2D eigenvalue weighted by molar-refractivity contribution is 0.0599. The third-order valence-electron chi connectivity index (χ3n) is 3.00. The van der Waals surface area contributed by atoms with Gasteiger partial charge in [0.1, 0.15) is 5.69 Å². The molecule has 2 rings (SSSR count). The Labute approximate surface area is 136 Å². The van der Waals surface area contributed by atoms with Crippen LogP contribution in [0.25, 0.3) is 0 Å². The highest BCUT2D eigenvalue weighted by molar-refractivity contribution is 7.85. The molecule has 1 heterocycles. The first-order valence-electron chi connectivity index (χ1n) is 6.88. The highest BCUT2D eigenvalue weighted by Gasteiger charge is 2.11. The zero-order chi connectivity index (χ0) is 16.7.